The average molecular weight is 169 g/mol. The Hall–Kier alpha value is -0.0400. The molecule has 0 bridgehead atoms. The van der Waals surface area contributed by atoms with Crippen molar-refractivity contribution >= 4 is 0 Å². The van der Waals surface area contributed by atoms with Crippen LogP contribution in [-0.4, -0.2) is 12.6 Å². The first kappa shape index (κ1) is 10.0. The van der Waals surface area contributed by atoms with E-state index in [1.807, 2.05) is 0 Å². The largest absolute Gasteiger partial charge is 0.314 e. The highest BCUT2D eigenvalue weighted by Crippen LogP contribution is 2.30. The van der Waals surface area contributed by atoms with Crippen LogP contribution in [0.5, 0.6) is 0 Å². The molecule has 1 saturated heterocycles. The van der Waals surface area contributed by atoms with Gasteiger partial charge in [-0.15, -0.1) is 0 Å². The summed E-state index contributed by atoms with van der Waals surface area (Å²) >= 11 is 0. The minimum Gasteiger partial charge on any atom is -0.314 e. The molecule has 1 rings (SSSR count). The van der Waals surface area contributed by atoms with Crippen LogP contribution in [0.25, 0.3) is 0 Å². The summed E-state index contributed by atoms with van der Waals surface area (Å²) in [7, 11) is 0. The Morgan fingerprint density at radius 3 is 2.50 bits per heavy atom. The molecular formula is C11H23N. The monoisotopic (exact) mass is 169 g/mol. The predicted molar refractivity (Wildman–Crippen MR) is 54.2 cm³/mol. The summed E-state index contributed by atoms with van der Waals surface area (Å²) in [4.78, 5) is 0. The van der Waals surface area contributed by atoms with Crippen LogP contribution in [0, 0.1) is 17.8 Å². The standard InChI is InChI=1S/C11H23N/c1-5-11-10(6-7-12-11)9(4)8(2)3/h8-12H,5-7H2,1-4H3. The molecule has 3 atom stereocenters. The van der Waals surface area contributed by atoms with E-state index in [4.69, 9.17) is 0 Å². The molecule has 0 aromatic rings. The van der Waals surface area contributed by atoms with Gasteiger partial charge in [-0.1, -0.05) is 27.7 Å². The SMILES string of the molecule is CCC1NCCC1C(C)C(C)C. The predicted octanol–water partition coefficient (Wildman–Crippen LogP) is 2.67. The molecule has 1 nitrogen and oxygen atoms in total. The van der Waals surface area contributed by atoms with E-state index in [1.165, 1.54) is 19.4 Å². The highest BCUT2D eigenvalue weighted by molar-refractivity contribution is 4.86. The van der Waals surface area contributed by atoms with Gasteiger partial charge in [-0.3, -0.25) is 0 Å². The topological polar surface area (TPSA) is 12.0 Å². The molecule has 1 heteroatoms. The van der Waals surface area contributed by atoms with Crippen molar-refractivity contribution in [2.24, 2.45) is 17.8 Å². The normalized spacial score (nSPS) is 32.8. The van der Waals surface area contributed by atoms with Crippen molar-refractivity contribution in [3.63, 3.8) is 0 Å². The minimum atomic E-state index is 0.794. The van der Waals surface area contributed by atoms with E-state index >= 15 is 0 Å². The molecule has 0 radical (unpaired) electrons. The van der Waals surface area contributed by atoms with Crippen LogP contribution in [0.4, 0.5) is 0 Å². The summed E-state index contributed by atoms with van der Waals surface area (Å²) in [6, 6.07) is 0.794. The van der Waals surface area contributed by atoms with Gasteiger partial charge < -0.3 is 5.32 Å². The van der Waals surface area contributed by atoms with E-state index < -0.39 is 0 Å². The van der Waals surface area contributed by atoms with Crippen molar-refractivity contribution in [1.82, 2.24) is 5.32 Å². The fraction of sp³-hybridized carbons (Fsp3) is 1.00. The third-order valence-electron chi connectivity index (χ3n) is 3.57. The summed E-state index contributed by atoms with van der Waals surface area (Å²) in [6.45, 7) is 10.6. The lowest BCUT2D eigenvalue weighted by atomic mass is 9.80. The van der Waals surface area contributed by atoms with Crippen LogP contribution in [-0.2, 0) is 0 Å². The number of hydrogen-bond acceptors (Lipinski definition) is 1. The van der Waals surface area contributed by atoms with Crippen molar-refractivity contribution in [2.45, 2.75) is 46.6 Å². The van der Waals surface area contributed by atoms with Crippen LogP contribution in [0.2, 0.25) is 0 Å². The maximum Gasteiger partial charge on any atom is 0.00958 e. The maximum absolute atomic E-state index is 3.59. The molecule has 0 saturated carbocycles. The molecule has 0 aromatic heterocycles. The fourth-order valence-electron chi connectivity index (χ4n) is 2.36. The molecule has 0 aromatic carbocycles. The van der Waals surface area contributed by atoms with Crippen LogP contribution >= 0.6 is 0 Å². The lowest BCUT2D eigenvalue weighted by molar-refractivity contribution is 0.249. The maximum atomic E-state index is 3.59. The zero-order valence-electron chi connectivity index (χ0n) is 8.93. The summed E-state index contributed by atoms with van der Waals surface area (Å²) < 4.78 is 0. The Labute approximate surface area is 76.9 Å². The Bertz CT molecular complexity index is 131. The van der Waals surface area contributed by atoms with Gasteiger partial charge in [-0.05, 0) is 37.1 Å². The summed E-state index contributed by atoms with van der Waals surface area (Å²) in [5.74, 6) is 2.64. The van der Waals surface area contributed by atoms with Gasteiger partial charge in [0.25, 0.3) is 0 Å². The second kappa shape index (κ2) is 4.27. The highest BCUT2D eigenvalue weighted by atomic mass is 14.9. The first-order valence-electron chi connectivity index (χ1n) is 5.40. The second-order valence-electron chi connectivity index (χ2n) is 4.52. The van der Waals surface area contributed by atoms with Crippen molar-refractivity contribution in [3.8, 4) is 0 Å². The van der Waals surface area contributed by atoms with Gasteiger partial charge in [0.15, 0.2) is 0 Å². The molecular weight excluding hydrogens is 146 g/mol. The average Bonchev–Trinajstić information content (AvgIpc) is 2.49. The molecule has 3 unspecified atom stereocenters. The zero-order valence-corrected chi connectivity index (χ0v) is 8.93. The van der Waals surface area contributed by atoms with Gasteiger partial charge in [0.05, 0.1) is 0 Å². The summed E-state index contributed by atoms with van der Waals surface area (Å²) in [5.41, 5.74) is 0. The van der Waals surface area contributed by atoms with Crippen LogP contribution in [0.1, 0.15) is 40.5 Å². The lowest BCUT2D eigenvalue weighted by Gasteiger charge is -2.27. The van der Waals surface area contributed by atoms with Crippen LogP contribution < -0.4 is 5.32 Å². The molecule has 1 aliphatic rings. The van der Waals surface area contributed by atoms with E-state index in [2.05, 4.69) is 33.0 Å². The Morgan fingerprint density at radius 1 is 1.33 bits per heavy atom. The quantitative estimate of drug-likeness (QED) is 0.685. The molecule has 0 aliphatic carbocycles. The summed E-state index contributed by atoms with van der Waals surface area (Å²) in [5, 5.41) is 3.59. The molecule has 1 N–H and O–H groups in total. The van der Waals surface area contributed by atoms with E-state index in [1.54, 1.807) is 0 Å². The van der Waals surface area contributed by atoms with E-state index in [0.29, 0.717) is 0 Å². The smallest absolute Gasteiger partial charge is 0.00958 e. The Balaban J connectivity index is 2.49. The number of rotatable bonds is 3. The van der Waals surface area contributed by atoms with Gasteiger partial charge in [0.1, 0.15) is 0 Å². The Morgan fingerprint density at radius 2 is 2.00 bits per heavy atom. The minimum absolute atomic E-state index is 0.794. The second-order valence-corrected chi connectivity index (χ2v) is 4.52. The van der Waals surface area contributed by atoms with Crippen molar-refractivity contribution in [3.05, 3.63) is 0 Å². The van der Waals surface area contributed by atoms with E-state index in [0.717, 1.165) is 23.8 Å². The molecule has 72 valence electrons. The van der Waals surface area contributed by atoms with Gasteiger partial charge in [0.2, 0.25) is 0 Å². The van der Waals surface area contributed by atoms with Crippen LogP contribution in [0.15, 0.2) is 0 Å². The van der Waals surface area contributed by atoms with Gasteiger partial charge in [0, 0.05) is 6.04 Å². The molecule has 12 heavy (non-hydrogen) atoms. The highest BCUT2D eigenvalue weighted by Gasteiger charge is 2.30. The lowest BCUT2D eigenvalue weighted by Crippen LogP contribution is -2.31. The summed E-state index contributed by atoms with van der Waals surface area (Å²) in [6.07, 6.45) is 2.68. The van der Waals surface area contributed by atoms with Crippen molar-refractivity contribution in [2.75, 3.05) is 6.54 Å². The van der Waals surface area contributed by atoms with Crippen LogP contribution in [0.3, 0.4) is 0 Å². The number of hydrogen-bond donors (Lipinski definition) is 1. The van der Waals surface area contributed by atoms with Gasteiger partial charge >= 0.3 is 0 Å². The molecule has 1 aliphatic heterocycles. The first-order valence-corrected chi connectivity index (χ1v) is 5.40. The zero-order chi connectivity index (χ0) is 9.14. The van der Waals surface area contributed by atoms with E-state index in [9.17, 15) is 0 Å². The van der Waals surface area contributed by atoms with Gasteiger partial charge in [-0.25, -0.2) is 0 Å². The fourth-order valence-corrected chi connectivity index (χ4v) is 2.36. The third kappa shape index (κ3) is 2.01. The molecule has 1 fully saturated rings. The van der Waals surface area contributed by atoms with E-state index in [-0.39, 0.29) is 0 Å². The molecule has 0 spiro atoms. The Kier molecular flexibility index (Phi) is 3.57. The third-order valence-corrected chi connectivity index (χ3v) is 3.57. The van der Waals surface area contributed by atoms with Crippen molar-refractivity contribution < 1.29 is 0 Å². The first-order chi connectivity index (χ1) is 5.66. The van der Waals surface area contributed by atoms with Gasteiger partial charge in [-0.2, -0.15) is 0 Å². The number of nitrogens with one attached hydrogen (secondary N) is 1. The molecule has 0 amide bonds. The van der Waals surface area contributed by atoms with Crippen molar-refractivity contribution in [1.29, 1.82) is 0 Å². The molecule has 1 heterocycles.